The second-order valence-electron chi connectivity index (χ2n) is 10.6. The number of methoxy groups -OCH3 is 4. The zero-order valence-corrected chi connectivity index (χ0v) is 24.9. The Morgan fingerprint density at radius 2 is 1.28 bits per heavy atom. The number of aromatic amines is 2. The third-order valence-electron chi connectivity index (χ3n) is 8.59. The Morgan fingerprint density at radius 3 is 1.76 bits per heavy atom. The average molecular weight is 637 g/mol. The maximum atomic E-state index is 14.2. The molecule has 0 saturated heterocycles. The van der Waals surface area contributed by atoms with Crippen LogP contribution in [0.25, 0.3) is 21.8 Å². The number of fused-ring (bicyclic) bond motifs is 4. The van der Waals surface area contributed by atoms with Gasteiger partial charge >= 0.3 is 23.9 Å². The number of hydrogen-bond acceptors (Lipinski definition) is 12. The van der Waals surface area contributed by atoms with E-state index in [9.17, 15) is 39.4 Å². The number of nitrogens with one attached hydrogen (secondary N) is 2. The summed E-state index contributed by atoms with van der Waals surface area (Å²) in [6.45, 7) is -0.982. The molecule has 0 saturated carbocycles. The van der Waals surface area contributed by atoms with E-state index in [1.807, 2.05) is 0 Å². The van der Waals surface area contributed by atoms with Gasteiger partial charge in [-0.2, -0.15) is 0 Å². The van der Waals surface area contributed by atoms with Gasteiger partial charge in [-0.05, 0) is 23.3 Å². The number of aromatic nitrogens is 2. The second kappa shape index (κ2) is 11.9. The summed E-state index contributed by atoms with van der Waals surface area (Å²) in [5.41, 5.74) is -2.85. The number of H-pyrrole nitrogens is 2. The van der Waals surface area contributed by atoms with E-state index in [-0.39, 0.29) is 33.4 Å². The van der Waals surface area contributed by atoms with Gasteiger partial charge in [0.1, 0.15) is 5.92 Å². The van der Waals surface area contributed by atoms with Crippen molar-refractivity contribution in [1.29, 1.82) is 0 Å². The number of nitro groups is 2. The van der Waals surface area contributed by atoms with E-state index in [1.165, 1.54) is 6.07 Å². The molecule has 0 amide bonds. The molecule has 0 fully saturated rings. The summed E-state index contributed by atoms with van der Waals surface area (Å²) in [5.74, 6) is -10.2. The number of ether oxygens (including phenoxy) is 4. The Bertz CT molecular complexity index is 1880. The van der Waals surface area contributed by atoms with Crippen LogP contribution in [-0.4, -0.2) is 84.7 Å². The molecule has 3 unspecified atom stereocenters. The van der Waals surface area contributed by atoms with Crippen LogP contribution in [0.2, 0.25) is 0 Å². The first-order valence-electron chi connectivity index (χ1n) is 13.8. The lowest BCUT2D eigenvalue weighted by molar-refractivity contribution is -0.552. The molecule has 3 atom stereocenters. The molecular formula is C30H28N4O12. The average Bonchev–Trinajstić information content (AvgIpc) is 3.62. The summed E-state index contributed by atoms with van der Waals surface area (Å²) in [6.07, 6.45) is 0. The van der Waals surface area contributed by atoms with Gasteiger partial charge in [0.05, 0.1) is 34.4 Å². The van der Waals surface area contributed by atoms with E-state index in [2.05, 4.69) is 9.97 Å². The number of rotatable bonds is 9. The summed E-state index contributed by atoms with van der Waals surface area (Å²) in [7, 11) is 3.97. The molecule has 16 heteroatoms. The van der Waals surface area contributed by atoms with E-state index in [0.29, 0.717) is 10.9 Å². The lowest BCUT2D eigenvalue weighted by atomic mass is 9.57. The molecule has 46 heavy (non-hydrogen) atoms. The molecule has 16 nitrogen and oxygen atoms in total. The summed E-state index contributed by atoms with van der Waals surface area (Å²) in [5, 5.41) is 25.9. The van der Waals surface area contributed by atoms with Gasteiger partial charge in [-0.15, -0.1) is 0 Å². The van der Waals surface area contributed by atoms with Crippen LogP contribution < -0.4 is 0 Å². The predicted molar refractivity (Wildman–Crippen MR) is 157 cm³/mol. The van der Waals surface area contributed by atoms with Crippen LogP contribution in [0.5, 0.6) is 0 Å². The highest BCUT2D eigenvalue weighted by Gasteiger charge is 2.70. The summed E-state index contributed by atoms with van der Waals surface area (Å²) < 4.78 is 20.1. The lowest BCUT2D eigenvalue weighted by Crippen LogP contribution is -2.60. The van der Waals surface area contributed by atoms with Crippen LogP contribution in [0.4, 0.5) is 0 Å². The van der Waals surface area contributed by atoms with Crippen LogP contribution in [0.3, 0.4) is 0 Å². The highest BCUT2D eigenvalue weighted by Crippen LogP contribution is 2.57. The molecular weight excluding hydrogens is 608 g/mol. The van der Waals surface area contributed by atoms with Crippen LogP contribution in [-0.2, 0) is 43.5 Å². The third-order valence-corrected chi connectivity index (χ3v) is 8.59. The number of benzene rings is 2. The van der Waals surface area contributed by atoms with Crippen molar-refractivity contribution in [3.05, 3.63) is 91.3 Å². The quantitative estimate of drug-likeness (QED) is 0.0889. The molecule has 0 aliphatic heterocycles. The highest BCUT2D eigenvalue weighted by atomic mass is 16.6. The van der Waals surface area contributed by atoms with Crippen LogP contribution >= 0.6 is 0 Å². The minimum atomic E-state index is -2.71. The molecule has 5 rings (SSSR count). The number of carbonyl (C=O) groups excluding carboxylic acids is 4. The number of nitrogens with zero attached hydrogens (tertiary/aromatic N) is 2. The van der Waals surface area contributed by atoms with Gasteiger partial charge in [-0.1, -0.05) is 36.4 Å². The molecule has 0 bridgehead atoms. The SMILES string of the molecule is COC(=O)C(C(=O)OC)c1[nH]c2ccccc2c1C1C([N+](=O)[O-])C(C[N+](=O)[O-])c2c([nH]c3ccccc23)C1(C(=O)OC)C(=O)OC. The van der Waals surface area contributed by atoms with Crippen molar-refractivity contribution < 1.29 is 48.0 Å². The van der Waals surface area contributed by atoms with E-state index in [1.54, 1.807) is 42.5 Å². The largest absolute Gasteiger partial charge is 0.468 e. The standard InChI is InChI=1S/C30H28N4O12/c1-43-26(35)21(27(36)44-2)23-20(15-10-6-7-11-17(15)31-23)22-24(34(41)42)16(13-33(39)40)19-14-9-5-8-12-18(14)32-25(19)30(22,28(37)45-3)29(38)46-4/h5-12,16,21-22,24,31-32H,13H2,1-4H3. The summed E-state index contributed by atoms with van der Waals surface area (Å²) in [4.78, 5) is 84.6. The fourth-order valence-corrected chi connectivity index (χ4v) is 6.87. The van der Waals surface area contributed by atoms with Crippen molar-refractivity contribution in [3.63, 3.8) is 0 Å². The fraction of sp³-hybridized carbons (Fsp3) is 0.333. The Hall–Kier alpha value is -5.80. The zero-order valence-electron chi connectivity index (χ0n) is 24.9. The smallest absolute Gasteiger partial charge is 0.330 e. The van der Waals surface area contributed by atoms with Gasteiger partial charge in [0.2, 0.25) is 18.0 Å². The van der Waals surface area contributed by atoms with Crippen molar-refractivity contribution in [3.8, 4) is 0 Å². The molecule has 1 aliphatic rings. The number of esters is 4. The van der Waals surface area contributed by atoms with Gasteiger partial charge in [-0.3, -0.25) is 39.4 Å². The van der Waals surface area contributed by atoms with Crippen molar-refractivity contribution in [2.45, 2.75) is 29.2 Å². The van der Waals surface area contributed by atoms with E-state index >= 15 is 0 Å². The fourth-order valence-electron chi connectivity index (χ4n) is 6.87. The molecule has 2 heterocycles. The number of hydrogen-bond donors (Lipinski definition) is 2. The molecule has 4 aromatic rings. The second-order valence-corrected chi connectivity index (χ2v) is 10.6. The Kier molecular flexibility index (Phi) is 8.21. The Balaban J connectivity index is 2.06. The third kappa shape index (κ3) is 4.52. The monoisotopic (exact) mass is 636 g/mol. The molecule has 2 aromatic heterocycles. The van der Waals surface area contributed by atoms with Gasteiger partial charge < -0.3 is 28.9 Å². The topological polar surface area (TPSA) is 223 Å². The Morgan fingerprint density at radius 1 is 0.783 bits per heavy atom. The Labute approximate surface area is 259 Å². The van der Waals surface area contributed by atoms with Gasteiger partial charge in [0.25, 0.3) is 0 Å². The molecule has 2 N–H and O–H groups in total. The zero-order chi connectivity index (χ0) is 33.5. The molecule has 1 aliphatic carbocycles. The summed E-state index contributed by atoms with van der Waals surface area (Å²) in [6, 6.07) is 10.5. The molecule has 240 valence electrons. The van der Waals surface area contributed by atoms with Gasteiger partial charge in [-0.25, -0.2) is 0 Å². The van der Waals surface area contributed by atoms with Gasteiger partial charge in [0.15, 0.2) is 5.92 Å². The normalized spacial score (nSPS) is 18.5. The van der Waals surface area contributed by atoms with Crippen molar-refractivity contribution in [1.82, 2.24) is 9.97 Å². The van der Waals surface area contributed by atoms with Crippen molar-refractivity contribution in [2.24, 2.45) is 0 Å². The maximum absolute atomic E-state index is 14.2. The number of para-hydroxylation sites is 2. The first-order chi connectivity index (χ1) is 22.0. The lowest BCUT2D eigenvalue weighted by Gasteiger charge is -2.43. The highest BCUT2D eigenvalue weighted by molar-refractivity contribution is 6.11. The van der Waals surface area contributed by atoms with E-state index in [4.69, 9.17) is 18.9 Å². The van der Waals surface area contributed by atoms with Crippen LogP contribution in [0.15, 0.2) is 48.5 Å². The van der Waals surface area contributed by atoms with Crippen molar-refractivity contribution in [2.75, 3.05) is 35.0 Å². The minimum absolute atomic E-state index is 0.0140. The maximum Gasteiger partial charge on any atom is 0.330 e. The number of carbonyl (C=O) groups is 4. The van der Waals surface area contributed by atoms with Crippen LogP contribution in [0, 0.1) is 20.2 Å². The predicted octanol–water partition coefficient (Wildman–Crippen LogP) is 2.47. The molecule has 0 radical (unpaired) electrons. The first-order valence-corrected chi connectivity index (χ1v) is 13.8. The van der Waals surface area contributed by atoms with Crippen molar-refractivity contribution >= 4 is 45.7 Å². The minimum Gasteiger partial charge on any atom is -0.468 e. The van der Waals surface area contributed by atoms with E-state index < -0.39 is 69.5 Å². The van der Waals surface area contributed by atoms with E-state index in [0.717, 1.165) is 28.4 Å². The summed E-state index contributed by atoms with van der Waals surface area (Å²) >= 11 is 0. The molecule has 0 spiro atoms. The van der Waals surface area contributed by atoms with Crippen LogP contribution in [0.1, 0.15) is 40.3 Å². The molecule has 2 aromatic carbocycles. The first kappa shape index (κ1) is 31.6. The van der Waals surface area contributed by atoms with Gasteiger partial charge in [0, 0.05) is 43.0 Å².